The lowest BCUT2D eigenvalue weighted by molar-refractivity contribution is 0.916. The molecule has 0 unspecified atom stereocenters. The SMILES string of the molecule is C=Cc1cc(-c2ccccc2)nn1/C(Cl)=C\C. The molecule has 1 heterocycles. The second-order valence-electron chi connectivity index (χ2n) is 3.55. The van der Waals surface area contributed by atoms with Crippen molar-refractivity contribution in [2.45, 2.75) is 6.92 Å². The number of benzene rings is 1. The maximum absolute atomic E-state index is 6.09. The van der Waals surface area contributed by atoms with Crippen LogP contribution in [0.2, 0.25) is 0 Å². The molecule has 2 aromatic rings. The van der Waals surface area contributed by atoms with Gasteiger partial charge in [0.15, 0.2) is 0 Å². The van der Waals surface area contributed by atoms with Gasteiger partial charge in [-0.05, 0) is 19.1 Å². The minimum Gasteiger partial charge on any atom is -0.222 e. The lowest BCUT2D eigenvalue weighted by Crippen LogP contribution is -1.96. The van der Waals surface area contributed by atoms with E-state index in [4.69, 9.17) is 11.6 Å². The first-order valence-corrected chi connectivity index (χ1v) is 5.74. The zero-order chi connectivity index (χ0) is 12.3. The quantitative estimate of drug-likeness (QED) is 0.789. The van der Waals surface area contributed by atoms with E-state index in [0.717, 1.165) is 17.0 Å². The second-order valence-corrected chi connectivity index (χ2v) is 3.94. The second kappa shape index (κ2) is 5.02. The number of hydrogen-bond donors (Lipinski definition) is 0. The molecule has 17 heavy (non-hydrogen) atoms. The van der Waals surface area contributed by atoms with Gasteiger partial charge in [-0.1, -0.05) is 54.6 Å². The van der Waals surface area contributed by atoms with Crippen LogP contribution in [0.15, 0.2) is 49.1 Å². The van der Waals surface area contributed by atoms with E-state index >= 15 is 0 Å². The average molecular weight is 245 g/mol. The summed E-state index contributed by atoms with van der Waals surface area (Å²) in [7, 11) is 0. The molecule has 0 saturated carbocycles. The van der Waals surface area contributed by atoms with E-state index in [1.807, 2.05) is 43.3 Å². The van der Waals surface area contributed by atoms with Crippen LogP contribution in [0.5, 0.6) is 0 Å². The standard InChI is InChI=1S/C14H13ClN2/c1-3-12-10-13(11-8-6-5-7-9-11)16-17(12)14(15)4-2/h3-10H,1H2,2H3/b14-4-. The van der Waals surface area contributed by atoms with Crippen LogP contribution >= 0.6 is 11.6 Å². The van der Waals surface area contributed by atoms with Gasteiger partial charge in [-0.2, -0.15) is 5.10 Å². The Kier molecular flexibility index (Phi) is 3.45. The largest absolute Gasteiger partial charge is 0.222 e. The van der Waals surface area contributed by atoms with Crippen molar-refractivity contribution in [3.05, 3.63) is 54.7 Å². The minimum absolute atomic E-state index is 0.571. The molecule has 2 nitrogen and oxygen atoms in total. The fourth-order valence-electron chi connectivity index (χ4n) is 1.58. The Hall–Kier alpha value is -1.80. The van der Waals surface area contributed by atoms with Crippen molar-refractivity contribution in [2.75, 3.05) is 0 Å². The highest BCUT2D eigenvalue weighted by molar-refractivity contribution is 6.45. The predicted molar refractivity (Wildman–Crippen MR) is 73.6 cm³/mol. The Labute approximate surface area is 106 Å². The number of rotatable bonds is 3. The van der Waals surface area contributed by atoms with Gasteiger partial charge in [0, 0.05) is 5.56 Å². The van der Waals surface area contributed by atoms with Crippen molar-refractivity contribution in [3.8, 4) is 11.3 Å². The van der Waals surface area contributed by atoms with Crippen LogP contribution < -0.4 is 0 Å². The lowest BCUT2D eigenvalue weighted by atomic mass is 10.1. The molecule has 86 valence electrons. The summed E-state index contributed by atoms with van der Waals surface area (Å²) in [6.07, 6.45) is 3.54. The zero-order valence-electron chi connectivity index (χ0n) is 9.60. The fourth-order valence-corrected chi connectivity index (χ4v) is 1.72. The summed E-state index contributed by atoms with van der Waals surface area (Å²) >= 11 is 6.09. The van der Waals surface area contributed by atoms with Gasteiger partial charge in [0.1, 0.15) is 5.16 Å². The van der Waals surface area contributed by atoms with Crippen LogP contribution in [0, 0.1) is 0 Å². The summed E-state index contributed by atoms with van der Waals surface area (Å²) in [5, 5.41) is 5.04. The Morgan fingerprint density at radius 1 is 1.35 bits per heavy atom. The fraction of sp³-hybridized carbons (Fsp3) is 0.0714. The van der Waals surface area contributed by atoms with E-state index < -0.39 is 0 Å². The smallest absolute Gasteiger partial charge is 0.127 e. The minimum atomic E-state index is 0.571. The first-order chi connectivity index (χ1) is 8.26. The molecule has 0 aliphatic heterocycles. The number of hydrogen-bond acceptors (Lipinski definition) is 1. The van der Waals surface area contributed by atoms with Gasteiger partial charge in [-0.3, -0.25) is 0 Å². The topological polar surface area (TPSA) is 17.8 Å². The van der Waals surface area contributed by atoms with Crippen molar-refractivity contribution < 1.29 is 0 Å². The molecule has 0 amide bonds. The molecule has 0 saturated heterocycles. The molecule has 1 aromatic carbocycles. The third-order valence-corrected chi connectivity index (χ3v) is 2.83. The summed E-state index contributed by atoms with van der Waals surface area (Å²) in [6, 6.07) is 12.0. The van der Waals surface area contributed by atoms with E-state index in [1.54, 1.807) is 16.8 Å². The molecule has 0 N–H and O–H groups in total. The van der Waals surface area contributed by atoms with E-state index in [0.29, 0.717) is 5.16 Å². The van der Waals surface area contributed by atoms with Crippen LogP contribution in [0.3, 0.4) is 0 Å². The van der Waals surface area contributed by atoms with Crippen molar-refractivity contribution in [2.24, 2.45) is 0 Å². The van der Waals surface area contributed by atoms with Crippen LogP contribution in [-0.2, 0) is 0 Å². The molecule has 0 radical (unpaired) electrons. The van der Waals surface area contributed by atoms with Gasteiger partial charge in [0.05, 0.1) is 11.4 Å². The van der Waals surface area contributed by atoms with Gasteiger partial charge in [-0.15, -0.1) is 0 Å². The lowest BCUT2D eigenvalue weighted by Gasteiger charge is -2.00. The average Bonchev–Trinajstić information content (AvgIpc) is 2.83. The van der Waals surface area contributed by atoms with Gasteiger partial charge in [0.2, 0.25) is 0 Å². The zero-order valence-corrected chi connectivity index (χ0v) is 10.4. The molecular weight excluding hydrogens is 232 g/mol. The van der Waals surface area contributed by atoms with Crippen molar-refractivity contribution in [1.82, 2.24) is 9.78 Å². The van der Waals surface area contributed by atoms with Gasteiger partial charge in [-0.25, -0.2) is 4.68 Å². The normalized spacial score (nSPS) is 11.5. The summed E-state index contributed by atoms with van der Waals surface area (Å²) in [5.41, 5.74) is 2.84. The van der Waals surface area contributed by atoms with Crippen LogP contribution in [0.4, 0.5) is 0 Å². The van der Waals surface area contributed by atoms with Crippen molar-refractivity contribution in [1.29, 1.82) is 0 Å². The number of aromatic nitrogens is 2. The molecule has 0 aliphatic carbocycles. The van der Waals surface area contributed by atoms with Crippen molar-refractivity contribution >= 4 is 22.8 Å². The van der Waals surface area contributed by atoms with Crippen molar-refractivity contribution in [3.63, 3.8) is 0 Å². The number of halogens is 1. The molecule has 0 atom stereocenters. The van der Waals surface area contributed by atoms with E-state index in [-0.39, 0.29) is 0 Å². The maximum atomic E-state index is 6.09. The molecule has 0 bridgehead atoms. The van der Waals surface area contributed by atoms with E-state index in [1.165, 1.54) is 0 Å². The molecule has 0 fully saturated rings. The molecule has 0 spiro atoms. The maximum Gasteiger partial charge on any atom is 0.127 e. The third-order valence-electron chi connectivity index (χ3n) is 2.46. The van der Waals surface area contributed by atoms with Gasteiger partial charge in [0.25, 0.3) is 0 Å². The Bertz CT molecular complexity index is 553. The summed E-state index contributed by atoms with van der Waals surface area (Å²) in [5.74, 6) is 0. The Morgan fingerprint density at radius 3 is 2.65 bits per heavy atom. The van der Waals surface area contributed by atoms with Crippen LogP contribution in [0.1, 0.15) is 12.6 Å². The van der Waals surface area contributed by atoms with Gasteiger partial charge < -0.3 is 0 Å². The summed E-state index contributed by atoms with van der Waals surface area (Å²) in [6.45, 7) is 5.64. The highest BCUT2D eigenvalue weighted by atomic mass is 35.5. The molecule has 2 rings (SSSR count). The van der Waals surface area contributed by atoms with Crippen LogP contribution in [-0.4, -0.2) is 9.78 Å². The highest BCUT2D eigenvalue weighted by Crippen LogP contribution is 2.22. The number of allylic oxidation sites excluding steroid dienone is 1. The Morgan fingerprint density at radius 2 is 2.06 bits per heavy atom. The van der Waals surface area contributed by atoms with E-state index in [9.17, 15) is 0 Å². The monoisotopic (exact) mass is 244 g/mol. The molecule has 0 aliphatic rings. The molecular formula is C14H13ClN2. The summed E-state index contributed by atoms with van der Waals surface area (Å²) < 4.78 is 1.68. The highest BCUT2D eigenvalue weighted by Gasteiger charge is 2.08. The third kappa shape index (κ3) is 2.32. The molecule has 1 aromatic heterocycles. The molecule has 3 heteroatoms. The summed E-state index contributed by atoms with van der Waals surface area (Å²) in [4.78, 5) is 0. The van der Waals surface area contributed by atoms with Gasteiger partial charge >= 0.3 is 0 Å². The first-order valence-electron chi connectivity index (χ1n) is 5.36. The number of nitrogens with zero attached hydrogens (tertiary/aromatic N) is 2. The predicted octanol–water partition coefficient (Wildman–Crippen LogP) is 4.25. The van der Waals surface area contributed by atoms with E-state index in [2.05, 4.69) is 11.7 Å². The van der Waals surface area contributed by atoms with Crippen LogP contribution in [0.25, 0.3) is 22.5 Å². The Balaban J connectivity index is 2.52. The first kappa shape index (κ1) is 11.7.